The number of thiocarbonyl (C=S) groups is 1. The second-order valence-electron chi connectivity index (χ2n) is 9.19. The minimum atomic E-state index is -4.75. The van der Waals surface area contributed by atoms with Crippen LogP contribution in [0.3, 0.4) is 0 Å². The summed E-state index contributed by atoms with van der Waals surface area (Å²) in [7, 11) is 0. The maximum Gasteiger partial charge on any atom is 0.573 e. The average Bonchev–Trinajstić information content (AvgIpc) is 3.27. The van der Waals surface area contributed by atoms with Crippen molar-refractivity contribution in [3.63, 3.8) is 0 Å². The molecular formula is C28H24F3N5O2S2. The monoisotopic (exact) mass is 583 g/mol. The van der Waals surface area contributed by atoms with Crippen LogP contribution in [0, 0.1) is 6.92 Å². The average molecular weight is 584 g/mol. The van der Waals surface area contributed by atoms with E-state index in [1.165, 1.54) is 41.6 Å². The van der Waals surface area contributed by atoms with Crippen LogP contribution in [0.15, 0.2) is 83.5 Å². The number of thioether (sulfide) groups is 1. The van der Waals surface area contributed by atoms with Crippen LogP contribution >= 0.6 is 24.0 Å². The zero-order valence-electron chi connectivity index (χ0n) is 21.4. The highest BCUT2D eigenvalue weighted by atomic mass is 32.2. The summed E-state index contributed by atoms with van der Waals surface area (Å²) in [4.78, 5) is 19.2. The first-order chi connectivity index (χ1) is 19.0. The lowest BCUT2D eigenvalue weighted by atomic mass is 9.93. The molecule has 5 rings (SSSR count). The summed E-state index contributed by atoms with van der Waals surface area (Å²) < 4.78 is 40.8. The molecule has 2 aliphatic heterocycles. The topological polar surface area (TPSA) is 78.0 Å². The number of nitrogens with zero attached hydrogens (tertiary/aromatic N) is 2. The Hall–Kier alpha value is -4.03. The number of anilines is 4. The molecule has 2 heterocycles. The number of alkyl halides is 3. The smallest absolute Gasteiger partial charge is 0.406 e. The molecule has 2 amide bonds. The number of halogens is 3. The number of nitrogens with one attached hydrogen (secondary N) is 3. The molecule has 0 bridgehead atoms. The fraction of sp³-hybridized carbons (Fsp3) is 0.179. The number of fused-ring (bicyclic) bond motifs is 3. The first-order valence-corrected chi connectivity index (χ1v) is 13.6. The van der Waals surface area contributed by atoms with Crippen molar-refractivity contribution in [3.05, 3.63) is 89.6 Å². The Morgan fingerprint density at radius 2 is 1.60 bits per heavy atom. The molecule has 3 aromatic carbocycles. The van der Waals surface area contributed by atoms with Gasteiger partial charge in [-0.2, -0.15) is 4.99 Å². The van der Waals surface area contributed by atoms with Crippen molar-refractivity contribution in [3.8, 4) is 5.75 Å². The fourth-order valence-corrected chi connectivity index (χ4v) is 5.60. The summed E-state index contributed by atoms with van der Waals surface area (Å²) in [6, 6.07) is 18.0. The fourth-order valence-electron chi connectivity index (χ4n) is 4.37. The number of hydrogen-bond acceptors (Lipinski definition) is 4. The van der Waals surface area contributed by atoms with Gasteiger partial charge in [-0.3, -0.25) is 4.90 Å². The molecule has 1 unspecified atom stereocenters. The zero-order valence-corrected chi connectivity index (χ0v) is 23.0. The van der Waals surface area contributed by atoms with Crippen molar-refractivity contribution in [2.24, 2.45) is 4.99 Å². The lowest BCUT2D eigenvalue weighted by Gasteiger charge is -2.30. The Kier molecular flexibility index (Phi) is 7.72. The van der Waals surface area contributed by atoms with Gasteiger partial charge >= 0.3 is 12.4 Å². The van der Waals surface area contributed by atoms with Crippen molar-refractivity contribution < 1.29 is 22.7 Å². The molecule has 3 N–H and O–H groups in total. The Balaban J connectivity index is 1.18. The van der Waals surface area contributed by atoms with Crippen LogP contribution in [0.2, 0.25) is 0 Å². The largest absolute Gasteiger partial charge is 0.573 e. The van der Waals surface area contributed by atoms with Crippen LogP contribution in [0.25, 0.3) is 0 Å². The number of carbonyl (C=O) groups excluding carboxylic acids is 1. The van der Waals surface area contributed by atoms with E-state index in [1.807, 2.05) is 6.92 Å². The molecule has 0 saturated carbocycles. The van der Waals surface area contributed by atoms with Gasteiger partial charge in [0.05, 0.1) is 5.69 Å². The van der Waals surface area contributed by atoms with E-state index < -0.39 is 12.4 Å². The summed E-state index contributed by atoms with van der Waals surface area (Å²) in [5.41, 5.74) is 6.23. The molecule has 1 saturated heterocycles. The molecule has 0 spiro atoms. The molecule has 3 aromatic rings. The van der Waals surface area contributed by atoms with Gasteiger partial charge in [-0.15, -0.1) is 13.2 Å². The third-order valence-corrected chi connectivity index (χ3v) is 7.30. The van der Waals surface area contributed by atoms with Gasteiger partial charge in [0.1, 0.15) is 5.75 Å². The molecule has 1 fully saturated rings. The Morgan fingerprint density at radius 3 is 2.23 bits per heavy atom. The number of aryl methyl sites for hydroxylation is 1. The molecule has 2 aliphatic rings. The maximum atomic E-state index is 12.8. The van der Waals surface area contributed by atoms with E-state index in [0.29, 0.717) is 28.1 Å². The lowest BCUT2D eigenvalue weighted by molar-refractivity contribution is -0.274. The van der Waals surface area contributed by atoms with Gasteiger partial charge in [-0.1, -0.05) is 36.9 Å². The molecule has 7 nitrogen and oxygen atoms in total. The van der Waals surface area contributed by atoms with E-state index in [-0.39, 0.29) is 10.9 Å². The number of hydrogen-bond donors (Lipinski definition) is 3. The van der Waals surface area contributed by atoms with E-state index in [2.05, 4.69) is 61.8 Å². The highest BCUT2D eigenvalue weighted by molar-refractivity contribution is 8.14. The lowest BCUT2D eigenvalue weighted by Crippen LogP contribution is -2.28. The van der Waals surface area contributed by atoms with Crippen LogP contribution in [0.1, 0.15) is 24.0 Å². The first-order valence-electron chi connectivity index (χ1n) is 12.2. The van der Waals surface area contributed by atoms with Crippen molar-refractivity contribution in [2.75, 3.05) is 26.6 Å². The number of aliphatic imine (C=N–C) groups is 1. The molecule has 0 radical (unpaired) electrons. The zero-order chi connectivity index (χ0) is 28.4. The summed E-state index contributed by atoms with van der Waals surface area (Å²) in [5.74, 6) is 0.724. The number of amidine groups is 1. The maximum absolute atomic E-state index is 12.8. The van der Waals surface area contributed by atoms with Crippen LogP contribution < -0.4 is 25.6 Å². The van der Waals surface area contributed by atoms with Crippen molar-refractivity contribution >= 4 is 63.0 Å². The molecule has 0 aliphatic carbocycles. The van der Waals surface area contributed by atoms with Gasteiger partial charge in [0.15, 0.2) is 10.3 Å². The van der Waals surface area contributed by atoms with E-state index in [4.69, 9.17) is 12.2 Å². The van der Waals surface area contributed by atoms with Crippen LogP contribution in [0.5, 0.6) is 5.75 Å². The Morgan fingerprint density at radius 1 is 1.00 bits per heavy atom. The summed E-state index contributed by atoms with van der Waals surface area (Å²) >= 11 is 6.81. The first kappa shape index (κ1) is 27.5. The summed E-state index contributed by atoms with van der Waals surface area (Å²) in [5, 5.41) is 9.54. The highest BCUT2D eigenvalue weighted by Gasteiger charge is 2.33. The molecule has 0 aromatic heterocycles. The third-order valence-electron chi connectivity index (χ3n) is 6.12. The number of carbonyl (C=O) groups is 1. The molecule has 40 heavy (non-hydrogen) atoms. The normalized spacial score (nSPS) is 17.0. The van der Waals surface area contributed by atoms with Crippen LogP contribution in [-0.2, 0) is 0 Å². The molecule has 12 heteroatoms. The molecule has 1 atom stereocenters. The number of benzene rings is 3. The van der Waals surface area contributed by atoms with Gasteiger partial charge < -0.3 is 20.7 Å². The Labute approximate surface area is 238 Å². The number of allylic oxidation sites excluding steroid dienone is 1. The number of amides is 2. The second-order valence-corrected chi connectivity index (χ2v) is 10.5. The van der Waals surface area contributed by atoms with Crippen molar-refractivity contribution in [2.45, 2.75) is 26.1 Å². The van der Waals surface area contributed by atoms with E-state index in [0.717, 1.165) is 22.7 Å². The number of urea groups is 1. The molecule has 206 valence electrons. The molecular weight excluding hydrogens is 559 g/mol. The predicted molar refractivity (Wildman–Crippen MR) is 158 cm³/mol. The quantitative estimate of drug-likeness (QED) is 0.270. The highest BCUT2D eigenvalue weighted by Crippen LogP contribution is 2.43. The Bertz CT molecular complexity index is 1510. The standard InChI is InChI=1S/C28H24F3N5O2S2/c1-16-3-12-23-17(2)14-21-15-40-27(36(21)24(23)13-16)35-25(37)32-18-4-6-19(7-5-18)33-26(39)34-20-8-10-22(11-9-20)38-28(29,30)31/h3-14,17H,15H2,1-2H3,(H,32,37)(H2,33,34,39)/b35-27-. The minimum absolute atomic E-state index is 0.237. The second kappa shape index (κ2) is 11.2. The summed E-state index contributed by atoms with van der Waals surface area (Å²) in [6.07, 6.45) is -2.54. The van der Waals surface area contributed by atoms with Crippen LogP contribution in [-0.4, -0.2) is 28.4 Å². The summed E-state index contributed by atoms with van der Waals surface area (Å²) in [6.45, 7) is 4.21. The van der Waals surface area contributed by atoms with Crippen molar-refractivity contribution in [1.29, 1.82) is 0 Å². The SMILES string of the molecule is Cc1ccc2c(c1)N1C(=CC2C)CS/C1=N\C(=O)Nc1ccc(NC(=S)Nc2ccc(OC(F)(F)F)cc2)cc1. The van der Waals surface area contributed by atoms with E-state index >= 15 is 0 Å². The van der Waals surface area contributed by atoms with Gasteiger partial charge in [0, 0.05) is 34.4 Å². The van der Waals surface area contributed by atoms with Gasteiger partial charge in [0.25, 0.3) is 0 Å². The van der Waals surface area contributed by atoms with E-state index in [1.54, 1.807) is 24.3 Å². The van der Waals surface area contributed by atoms with Gasteiger partial charge in [0.2, 0.25) is 0 Å². The third kappa shape index (κ3) is 6.57. The predicted octanol–water partition coefficient (Wildman–Crippen LogP) is 7.84. The van der Waals surface area contributed by atoms with E-state index in [9.17, 15) is 18.0 Å². The van der Waals surface area contributed by atoms with Crippen molar-refractivity contribution in [1.82, 2.24) is 0 Å². The number of rotatable bonds is 4. The minimum Gasteiger partial charge on any atom is -0.406 e. The van der Waals surface area contributed by atoms with Gasteiger partial charge in [-0.25, -0.2) is 4.79 Å². The van der Waals surface area contributed by atoms with Gasteiger partial charge in [-0.05, 0) is 84.9 Å². The van der Waals surface area contributed by atoms with Crippen LogP contribution in [0.4, 0.5) is 40.7 Å². The number of ether oxygens (including phenoxy) is 1.